The van der Waals surface area contributed by atoms with E-state index in [1.807, 2.05) is 47.4 Å². The molecule has 1 atom stereocenters. The monoisotopic (exact) mass is 226 g/mol. The van der Waals surface area contributed by atoms with Crippen LogP contribution in [0.1, 0.15) is 6.42 Å². The van der Waals surface area contributed by atoms with Gasteiger partial charge in [-0.15, -0.1) is 0 Å². The van der Waals surface area contributed by atoms with Gasteiger partial charge in [-0.1, -0.05) is 30.4 Å². The fourth-order valence-electron chi connectivity index (χ4n) is 2.34. The summed E-state index contributed by atoms with van der Waals surface area (Å²) in [5.74, 6) is 0.106. The Morgan fingerprint density at radius 1 is 1.24 bits per heavy atom. The van der Waals surface area contributed by atoms with Gasteiger partial charge >= 0.3 is 0 Å². The van der Waals surface area contributed by atoms with E-state index in [0.717, 1.165) is 17.8 Å². The molecule has 1 heterocycles. The predicted octanol–water partition coefficient (Wildman–Crippen LogP) is 1.84. The van der Waals surface area contributed by atoms with Crippen molar-refractivity contribution >= 4 is 11.6 Å². The number of nitrogens with zero attached hydrogens (tertiary/aromatic N) is 1. The van der Waals surface area contributed by atoms with Crippen LogP contribution in [0.3, 0.4) is 0 Å². The van der Waals surface area contributed by atoms with Gasteiger partial charge in [-0.25, -0.2) is 0 Å². The number of para-hydroxylation sites is 1. The van der Waals surface area contributed by atoms with Gasteiger partial charge < -0.3 is 0 Å². The van der Waals surface area contributed by atoms with Gasteiger partial charge in [0.15, 0.2) is 0 Å². The molecular formula is C14H14N2O. The number of carbonyl (C=O) groups is 1. The average molecular weight is 226 g/mol. The average Bonchev–Trinajstić information content (AvgIpc) is 2.39. The third-order valence-corrected chi connectivity index (χ3v) is 3.15. The summed E-state index contributed by atoms with van der Waals surface area (Å²) in [5.41, 5.74) is 2.00. The maximum absolute atomic E-state index is 12.0. The molecule has 17 heavy (non-hydrogen) atoms. The molecule has 3 nitrogen and oxygen atoms in total. The molecule has 3 rings (SSSR count). The number of hydrogen-bond donors (Lipinski definition) is 1. The highest BCUT2D eigenvalue weighted by molar-refractivity contribution is 5.99. The lowest BCUT2D eigenvalue weighted by molar-refractivity contribution is -0.118. The zero-order chi connectivity index (χ0) is 11.7. The number of benzene rings is 1. The second-order valence-corrected chi connectivity index (χ2v) is 4.25. The van der Waals surface area contributed by atoms with Crippen molar-refractivity contribution < 1.29 is 4.79 Å². The summed E-state index contributed by atoms with van der Waals surface area (Å²) in [6, 6.07) is 10.1. The van der Waals surface area contributed by atoms with Crippen molar-refractivity contribution in [3.63, 3.8) is 0 Å². The molecule has 0 aromatic heterocycles. The second-order valence-electron chi connectivity index (χ2n) is 4.25. The predicted molar refractivity (Wildman–Crippen MR) is 67.6 cm³/mol. The van der Waals surface area contributed by atoms with E-state index in [0.29, 0.717) is 6.54 Å². The summed E-state index contributed by atoms with van der Waals surface area (Å²) in [6.45, 7) is 0.407. The lowest BCUT2D eigenvalue weighted by Gasteiger charge is -2.37. The van der Waals surface area contributed by atoms with E-state index in [1.165, 1.54) is 0 Å². The molecule has 2 aliphatic rings. The summed E-state index contributed by atoms with van der Waals surface area (Å²) in [4.78, 5) is 13.9. The van der Waals surface area contributed by atoms with Crippen LogP contribution in [0.5, 0.6) is 0 Å². The highest BCUT2D eigenvalue weighted by Crippen LogP contribution is 2.27. The Kier molecular flexibility index (Phi) is 2.53. The number of carbonyl (C=O) groups excluding carboxylic acids is 1. The van der Waals surface area contributed by atoms with Gasteiger partial charge in [0.2, 0.25) is 5.91 Å². The van der Waals surface area contributed by atoms with E-state index in [4.69, 9.17) is 0 Å². The highest BCUT2D eigenvalue weighted by Gasteiger charge is 2.31. The molecule has 1 aliphatic carbocycles. The van der Waals surface area contributed by atoms with Crippen molar-refractivity contribution in [2.75, 3.05) is 11.4 Å². The summed E-state index contributed by atoms with van der Waals surface area (Å²) < 4.78 is 0. The van der Waals surface area contributed by atoms with E-state index in [1.54, 1.807) is 0 Å². The molecule has 0 radical (unpaired) electrons. The molecule has 1 aromatic carbocycles. The van der Waals surface area contributed by atoms with Crippen LogP contribution in [0.2, 0.25) is 0 Å². The standard InChI is InChI=1S/C14H14N2O/c17-14-10-15-12-8-4-5-9-13(12)16(14)11-6-2-1-3-7-11/h1-7,9,12,15H,8,10H2. The molecule has 0 saturated carbocycles. The quantitative estimate of drug-likeness (QED) is 0.792. The maximum Gasteiger partial charge on any atom is 0.245 e. The van der Waals surface area contributed by atoms with Crippen molar-refractivity contribution in [3.05, 3.63) is 54.3 Å². The largest absolute Gasteiger partial charge is 0.300 e. The first kappa shape index (κ1) is 10.3. The van der Waals surface area contributed by atoms with E-state index in [2.05, 4.69) is 11.4 Å². The number of amides is 1. The number of rotatable bonds is 1. The van der Waals surface area contributed by atoms with E-state index in [9.17, 15) is 4.79 Å². The van der Waals surface area contributed by atoms with Crippen molar-refractivity contribution in [2.24, 2.45) is 0 Å². The number of anilines is 1. The van der Waals surface area contributed by atoms with E-state index < -0.39 is 0 Å². The summed E-state index contributed by atoms with van der Waals surface area (Å²) in [5, 5.41) is 3.26. The van der Waals surface area contributed by atoms with Crippen LogP contribution in [0.4, 0.5) is 5.69 Å². The van der Waals surface area contributed by atoms with Gasteiger partial charge in [-0.3, -0.25) is 15.0 Å². The van der Waals surface area contributed by atoms with Crippen LogP contribution >= 0.6 is 0 Å². The number of fused-ring (bicyclic) bond motifs is 1. The Hall–Kier alpha value is -1.87. The molecule has 1 unspecified atom stereocenters. The number of hydrogen-bond acceptors (Lipinski definition) is 2. The Bertz CT molecular complexity index is 490. The van der Waals surface area contributed by atoms with Crippen LogP contribution in [0, 0.1) is 0 Å². The van der Waals surface area contributed by atoms with Crippen LogP contribution in [-0.2, 0) is 4.79 Å². The minimum absolute atomic E-state index is 0.106. The molecule has 0 spiro atoms. The van der Waals surface area contributed by atoms with Crippen LogP contribution < -0.4 is 10.2 Å². The van der Waals surface area contributed by atoms with Crippen LogP contribution in [0.25, 0.3) is 0 Å². The van der Waals surface area contributed by atoms with Crippen LogP contribution in [-0.4, -0.2) is 18.5 Å². The number of allylic oxidation sites excluding steroid dienone is 2. The third-order valence-electron chi connectivity index (χ3n) is 3.15. The summed E-state index contributed by atoms with van der Waals surface area (Å²) in [6.07, 6.45) is 7.11. The Morgan fingerprint density at radius 2 is 2.06 bits per heavy atom. The zero-order valence-electron chi connectivity index (χ0n) is 9.47. The lowest BCUT2D eigenvalue weighted by atomic mass is 10.0. The molecule has 1 N–H and O–H groups in total. The number of piperazine rings is 1. The van der Waals surface area contributed by atoms with Crippen molar-refractivity contribution in [1.82, 2.24) is 5.32 Å². The fourth-order valence-corrected chi connectivity index (χ4v) is 2.34. The minimum Gasteiger partial charge on any atom is -0.300 e. The third kappa shape index (κ3) is 1.78. The molecule has 0 bridgehead atoms. The van der Waals surface area contributed by atoms with Crippen molar-refractivity contribution in [3.8, 4) is 0 Å². The minimum atomic E-state index is 0.106. The molecule has 1 fully saturated rings. The molecule has 1 amide bonds. The SMILES string of the molecule is O=C1CNC2CC=CC=C2N1c1ccccc1. The molecular weight excluding hydrogens is 212 g/mol. The van der Waals surface area contributed by atoms with Gasteiger partial charge in [0.05, 0.1) is 12.6 Å². The molecule has 3 heteroatoms. The Morgan fingerprint density at radius 3 is 2.88 bits per heavy atom. The molecule has 1 aromatic rings. The smallest absolute Gasteiger partial charge is 0.245 e. The van der Waals surface area contributed by atoms with Crippen molar-refractivity contribution in [2.45, 2.75) is 12.5 Å². The topological polar surface area (TPSA) is 32.3 Å². The van der Waals surface area contributed by atoms with Gasteiger partial charge in [-0.05, 0) is 24.6 Å². The maximum atomic E-state index is 12.0. The van der Waals surface area contributed by atoms with Crippen LogP contribution in [0.15, 0.2) is 54.3 Å². The molecule has 86 valence electrons. The molecule has 1 aliphatic heterocycles. The van der Waals surface area contributed by atoms with Crippen molar-refractivity contribution in [1.29, 1.82) is 0 Å². The van der Waals surface area contributed by atoms with Gasteiger partial charge in [0.25, 0.3) is 0 Å². The first-order valence-electron chi connectivity index (χ1n) is 5.84. The number of nitrogens with one attached hydrogen (secondary N) is 1. The summed E-state index contributed by atoms with van der Waals surface area (Å²) >= 11 is 0. The van der Waals surface area contributed by atoms with E-state index in [-0.39, 0.29) is 11.9 Å². The fraction of sp³-hybridized carbons (Fsp3) is 0.214. The molecule has 1 saturated heterocycles. The Labute approximate surface area is 100 Å². The first-order valence-corrected chi connectivity index (χ1v) is 5.84. The van der Waals surface area contributed by atoms with E-state index >= 15 is 0 Å². The Balaban J connectivity index is 2.03. The summed E-state index contributed by atoms with van der Waals surface area (Å²) in [7, 11) is 0. The van der Waals surface area contributed by atoms with Gasteiger partial charge in [0.1, 0.15) is 0 Å². The first-order chi connectivity index (χ1) is 8.36. The highest BCUT2D eigenvalue weighted by atomic mass is 16.2. The lowest BCUT2D eigenvalue weighted by Crippen LogP contribution is -2.52. The zero-order valence-corrected chi connectivity index (χ0v) is 9.47. The second kappa shape index (κ2) is 4.18. The van der Waals surface area contributed by atoms with Gasteiger partial charge in [-0.2, -0.15) is 0 Å². The van der Waals surface area contributed by atoms with Gasteiger partial charge in [0, 0.05) is 11.4 Å². The normalized spacial score (nSPS) is 23.3.